The lowest BCUT2D eigenvalue weighted by Crippen LogP contribution is -2.27. The van der Waals surface area contributed by atoms with E-state index < -0.39 is 0 Å². The van der Waals surface area contributed by atoms with Crippen LogP contribution < -0.4 is 0 Å². The van der Waals surface area contributed by atoms with Crippen molar-refractivity contribution < 1.29 is 9.53 Å². The summed E-state index contributed by atoms with van der Waals surface area (Å²) in [5, 5.41) is 0. The van der Waals surface area contributed by atoms with Crippen molar-refractivity contribution in [3.8, 4) is 0 Å². The van der Waals surface area contributed by atoms with Gasteiger partial charge in [-0.15, -0.1) is 0 Å². The van der Waals surface area contributed by atoms with Crippen molar-refractivity contribution in [1.82, 2.24) is 0 Å². The second-order valence-corrected chi connectivity index (χ2v) is 4.83. The fourth-order valence-corrected chi connectivity index (χ4v) is 3.30. The van der Waals surface area contributed by atoms with Crippen LogP contribution in [-0.4, -0.2) is 12.6 Å². The summed E-state index contributed by atoms with van der Waals surface area (Å²) in [7, 11) is 0. The Morgan fingerprint density at radius 2 is 2.17 bits per heavy atom. The molecule has 0 N–H and O–H groups in total. The summed E-state index contributed by atoms with van der Waals surface area (Å²) >= 11 is 0. The molecule has 2 aliphatic rings. The van der Waals surface area contributed by atoms with E-state index in [0.29, 0.717) is 17.8 Å². The maximum atomic E-state index is 10.2. The average Bonchev–Trinajstić information content (AvgIpc) is 2.40. The molecule has 0 saturated heterocycles. The van der Waals surface area contributed by atoms with Crippen molar-refractivity contribution in [3.63, 3.8) is 0 Å². The summed E-state index contributed by atoms with van der Waals surface area (Å²) in [5.74, 6) is 1.38. The van der Waals surface area contributed by atoms with Gasteiger partial charge in [0.15, 0.2) is 0 Å². The number of hydrogen-bond acceptors (Lipinski definition) is 2. The van der Waals surface area contributed by atoms with E-state index in [-0.39, 0.29) is 6.10 Å². The van der Waals surface area contributed by atoms with Gasteiger partial charge in [-0.2, -0.15) is 0 Å². The molecular formula is C10H16O2. The Kier molecular flexibility index (Phi) is 1.67. The molecule has 2 bridgehead atoms. The molecule has 2 aliphatic carbocycles. The molecule has 0 aliphatic heterocycles. The summed E-state index contributed by atoms with van der Waals surface area (Å²) < 4.78 is 5.09. The van der Waals surface area contributed by atoms with Crippen LogP contribution in [0.3, 0.4) is 0 Å². The van der Waals surface area contributed by atoms with Crippen LogP contribution in [0, 0.1) is 17.3 Å². The molecule has 2 heteroatoms. The van der Waals surface area contributed by atoms with Crippen molar-refractivity contribution in [3.05, 3.63) is 0 Å². The summed E-state index contributed by atoms with van der Waals surface area (Å²) in [5.41, 5.74) is 0.470. The number of fused-ring (bicyclic) bond motifs is 2. The minimum atomic E-state index is 0.219. The molecule has 2 nitrogen and oxygen atoms in total. The molecule has 68 valence electrons. The van der Waals surface area contributed by atoms with E-state index in [4.69, 9.17) is 4.74 Å². The fraction of sp³-hybridized carbons (Fsp3) is 0.900. The molecule has 0 aromatic carbocycles. The van der Waals surface area contributed by atoms with E-state index in [9.17, 15) is 4.79 Å². The van der Waals surface area contributed by atoms with Crippen LogP contribution in [0.2, 0.25) is 0 Å². The Labute approximate surface area is 73.3 Å². The monoisotopic (exact) mass is 168 g/mol. The smallest absolute Gasteiger partial charge is 0.293 e. The number of carbonyl (C=O) groups is 1. The van der Waals surface area contributed by atoms with Gasteiger partial charge in [0, 0.05) is 0 Å². The second kappa shape index (κ2) is 2.48. The van der Waals surface area contributed by atoms with E-state index in [1.165, 1.54) is 12.8 Å². The predicted octanol–water partition coefficient (Wildman–Crippen LogP) is 1.98. The van der Waals surface area contributed by atoms with Crippen molar-refractivity contribution in [2.24, 2.45) is 17.3 Å². The lowest BCUT2D eigenvalue weighted by Gasteiger charge is -2.29. The molecule has 0 spiro atoms. The van der Waals surface area contributed by atoms with Crippen LogP contribution in [0.1, 0.15) is 33.1 Å². The number of rotatable bonds is 2. The first kappa shape index (κ1) is 8.09. The highest BCUT2D eigenvalue weighted by Crippen LogP contribution is 2.57. The van der Waals surface area contributed by atoms with Gasteiger partial charge < -0.3 is 4.74 Å². The summed E-state index contributed by atoms with van der Waals surface area (Å²) in [4.78, 5) is 10.2. The summed E-state index contributed by atoms with van der Waals surface area (Å²) in [6.45, 7) is 5.20. The minimum Gasteiger partial charge on any atom is -0.464 e. The molecule has 0 aromatic heterocycles. The van der Waals surface area contributed by atoms with Crippen molar-refractivity contribution in [2.75, 3.05) is 0 Å². The molecule has 0 amide bonds. The molecule has 0 radical (unpaired) electrons. The third kappa shape index (κ3) is 1.05. The molecule has 2 saturated carbocycles. The van der Waals surface area contributed by atoms with E-state index in [1.807, 2.05) is 0 Å². The van der Waals surface area contributed by atoms with Gasteiger partial charge in [0.2, 0.25) is 0 Å². The van der Waals surface area contributed by atoms with Gasteiger partial charge in [-0.25, -0.2) is 0 Å². The number of carbonyl (C=O) groups excluding carboxylic acids is 1. The van der Waals surface area contributed by atoms with Crippen molar-refractivity contribution in [2.45, 2.75) is 39.2 Å². The SMILES string of the molecule is CC1CC2(C)CC(OC=O)C1C2. The second-order valence-electron chi connectivity index (χ2n) is 4.83. The topological polar surface area (TPSA) is 26.3 Å². The van der Waals surface area contributed by atoms with Crippen molar-refractivity contribution >= 4 is 6.47 Å². The van der Waals surface area contributed by atoms with Crippen LogP contribution >= 0.6 is 0 Å². The predicted molar refractivity (Wildman–Crippen MR) is 45.5 cm³/mol. The van der Waals surface area contributed by atoms with Crippen LogP contribution in [0.4, 0.5) is 0 Å². The first-order valence-corrected chi connectivity index (χ1v) is 4.74. The van der Waals surface area contributed by atoms with Gasteiger partial charge in [0.05, 0.1) is 0 Å². The zero-order chi connectivity index (χ0) is 8.77. The highest BCUT2D eigenvalue weighted by atomic mass is 16.5. The van der Waals surface area contributed by atoms with Gasteiger partial charge in [-0.1, -0.05) is 13.8 Å². The largest absolute Gasteiger partial charge is 0.464 e. The van der Waals surface area contributed by atoms with Crippen molar-refractivity contribution in [1.29, 1.82) is 0 Å². The van der Waals surface area contributed by atoms with E-state index in [1.54, 1.807) is 0 Å². The van der Waals surface area contributed by atoms with E-state index in [0.717, 1.165) is 12.3 Å². The minimum absolute atomic E-state index is 0.219. The highest BCUT2D eigenvalue weighted by molar-refractivity contribution is 5.38. The third-order valence-electron chi connectivity index (χ3n) is 3.68. The summed E-state index contributed by atoms with van der Waals surface area (Å²) in [6.07, 6.45) is 3.88. The van der Waals surface area contributed by atoms with Crippen LogP contribution in [-0.2, 0) is 9.53 Å². The molecule has 4 atom stereocenters. The first-order chi connectivity index (χ1) is 5.64. The van der Waals surface area contributed by atoms with Gasteiger partial charge in [0.1, 0.15) is 6.10 Å². The Morgan fingerprint density at radius 3 is 2.67 bits per heavy atom. The van der Waals surface area contributed by atoms with Gasteiger partial charge in [0.25, 0.3) is 6.47 Å². The maximum absolute atomic E-state index is 10.2. The van der Waals surface area contributed by atoms with Crippen LogP contribution in [0.5, 0.6) is 0 Å². The molecule has 2 fully saturated rings. The Hall–Kier alpha value is -0.530. The quantitative estimate of drug-likeness (QED) is 0.589. The Morgan fingerprint density at radius 1 is 1.42 bits per heavy atom. The maximum Gasteiger partial charge on any atom is 0.293 e. The Bertz CT molecular complexity index is 202. The fourth-order valence-electron chi connectivity index (χ4n) is 3.30. The zero-order valence-corrected chi connectivity index (χ0v) is 7.75. The highest BCUT2D eigenvalue weighted by Gasteiger charge is 2.52. The molecule has 12 heavy (non-hydrogen) atoms. The molecule has 0 aromatic rings. The third-order valence-corrected chi connectivity index (χ3v) is 3.68. The normalized spacial score (nSPS) is 51.0. The average molecular weight is 168 g/mol. The summed E-state index contributed by atoms with van der Waals surface area (Å²) in [6, 6.07) is 0. The van der Waals surface area contributed by atoms with Crippen LogP contribution in [0.25, 0.3) is 0 Å². The number of ether oxygens (including phenoxy) is 1. The van der Waals surface area contributed by atoms with E-state index in [2.05, 4.69) is 13.8 Å². The van der Waals surface area contributed by atoms with Gasteiger partial charge >= 0.3 is 0 Å². The molecule has 2 rings (SSSR count). The van der Waals surface area contributed by atoms with E-state index >= 15 is 0 Å². The lowest BCUT2D eigenvalue weighted by molar-refractivity contribution is -0.137. The Balaban J connectivity index is 2.09. The molecule has 4 unspecified atom stereocenters. The number of hydrogen-bond donors (Lipinski definition) is 0. The first-order valence-electron chi connectivity index (χ1n) is 4.74. The van der Waals surface area contributed by atoms with Gasteiger partial charge in [-0.05, 0) is 36.5 Å². The zero-order valence-electron chi connectivity index (χ0n) is 7.75. The molecular weight excluding hydrogens is 152 g/mol. The lowest BCUT2D eigenvalue weighted by atomic mass is 9.81. The standard InChI is InChI=1S/C10H16O2/c1-7-3-10(2)4-8(7)9(5-10)12-6-11/h6-9H,3-5H2,1-2H3. The molecule has 0 heterocycles. The van der Waals surface area contributed by atoms with Crippen LogP contribution in [0.15, 0.2) is 0 Å². The van der Waals surface area contributed by atoms with Gasteiger partial charge in [-0.3, -0.25) is 4.79 Å².